The lowest BCUT2D eigenvalue weighted by Crippen LogP contribution is -2.33. The molecule has 1 aromatic carbocycles. The average molecular weight is 208 g/mol. The second kappa shape index (κ2) is 4.73. The molecule has 2 nitrogen and oxygen atoms in total. The van der Waals surface area contributed by atoms with Gasteiger partial charge in [0.05, 0.1) is 0 Å². The van der Waals surface area contributed by atoms with E-state index in [0.29, 0.717) is 6.04 Å². The molecular formula is C12H17FN2. The van der Waals surface area contributed by atoms with Crippen LogP contribution in [-0.4, -0.2) is 19.1 Å². The Bertz CT molecular complexity index is 304. The maximum atomic E-state index is 12.7. The molecule has 2 N–H and O–H groups in total. The molecule has 1 fully saturated rings. The van der Waals surface area contributed by atoms with Gasteiger partial charge < -0.3 is 10.6 Å². The summed E-state index contributed by atoms with van der Waals surface area (Å²) in [7, 11) is 0. The number of nitrogens with one attached hydrogen (secondary N) is 2. The quantitative estimate of drug-likeness (QED) is 0.792. The van der Waals surface area contributed by atoms with Gasteiger partial charge in [0, 0.05) is 18.6 Å². The third kappa shape index (κ3) is 2.76. The average Bonchev–Trinajstić information content (AvgIpc) is 2.71. The highest BCUT2D eigenvalue weighted by atomic mass is 19.1. The molecule has 0 aliphatic carbocycles. The lowest BCUT2D eigenvalue weighted by Gasteiger charge is -2.19. The van der Waals surface area contributed by atoms with Gasteiger partial charge in [-0.15, -0.1) is 0 Å². The van der Waals surface area contributed by atoms with Crippen LogP contribution in [0, 0.1) is 5.82 Å². The molecule has 1 heterocycles. The molecule has 0 spiro atoms. The fourth-order valence-electron chi connectivity index (χ4n) is 2.00. The lowest BCUT2D eigenvalue weighted by atomic mass is 10.1. The van der Waals surface area contributed by atoms with Crippen molar-refractivity contribution in [2.24, 2.45) is 0 Å². The molecule has 82 valence electrons. The fraction of sp³-hybridized carbons (Fsp3) is 0.500. The molecule has 2 unspecified atom stereocenters. The van der Waals surface area contributed by atoms with Gasteiger partial charge in [-0.2, -0.15) is 0 Å². The summed E-state index contributed by atoms with van der Waals surface area (Å²) in [5, 5.41) is 6.85. The van der Waals surface area contributed by atoms with E-state index in [-0.39, 0.29) is 11.9 Å². The zero-order valence-electron chi connectivity index (χ0n) is 8.96. The zero-order valence-corrected chi connectivity index (χ0v) is 8.96. The number of rotatable bonds is 3. The maximum Gasteiger partial charge on any atom is 0.123 e. The second-order valence-electron chi connectivity index (χ2n) is 4.13. The van der Waals surface area contributed by atoms with E-state index in [9.17, 15) is 4.39 Å². The van der Waals surface area contributed by atoms with Gasteiger partial charge in [-0.1, -0.05) is 12.1 Å². The van der Waals surface area contributed by atoms with Gasteiger partial charge in [-0.25, -0.2) is 4.39 Å². The number of hydrogen-bond donors (Lipinski definition) is 2. The van der Waals surface area contributed by atoms with Crippen LogP contribution in [0.4, 0.5) is 4.39 Å². The van der Waals surface area contributed by atoms with E-state index in [0.717, 1.165) is 18.7 Å². The van der Waals surface area contributed by atoms with Gasteiger partial charge in [-0.3, -0.25) is 0 Å². The summed E-state index contributed by atoms with van der Waals surface area (Å²) in [6, 6.07) is 7.55. The summed E-state index contributed by atoms with van der Waals surface area (Å²) >= 11 is 0. The number of benzene rings is 1. The maximum absolute atomic E-state index is 12.7. The van der Waals surface area contributed by atoms with E-state index in [1.165, 1.54) is 18.6 Å². The van der Waals surface area contributed by atoms with Crippen LogP contribution in [0.3, 0.4) is 0 Å². The highest BCUT2D eigenvalue weighted by Gasteiger charge is 2.16. The van der Waals surface area contributed by atoms with Crippen LogP contribution in [0.15, 0.2) is 24.3 Å². The van der Waals surface area contributed by atoms with E-state index in [1.807, 2.05) is 12.1 Å². The van der Waals surface area contributed by atoms with Gasteiger partial charge in [0.25, 0.3) is 0 Å². The fourth-order valence-corrected chi connectivity index (χ4v) is 2.00. The highest BCUT2D eigenvalue weighted by Crippen LogP contribution is 2.14. The molecule has 1 aliphatic rings. The summed E-state index contributed by atoms with van der Waals surface area (Å²) < 4.78 is 12.7. The molecule has 1 aliphatic heterocycles. The van der Waals surface area contributed by atoms with Crippen molar-refractivity contribution in [1.82, 2.24) is 10.6 Å². The molecule has 1 saturated heterocycles. The third-order valence-corrected chi connectivity index (χ3v) is 2.92. The Labute approximate surface area is 89.9 Å². The SMILES string of the molecule is CC(NC1CCNC1)c1ccc(F)cc1. The Morgan fingerprint density at radius 2 is 2.13 bits per heavy atom. The lowest BCUT2D eigenvalue weighted by molar-refractivity contribution is 0.478. The molecule has 0 amide bonds. The van der Waals surface area contributed by atoms with Crippen LogP contribution >= 0.6 is 0 Å². The van der Waals surface area contributed by atoms with E-state index < -0.39 is 0 Å². The standard InChI is InChI=1S/C12H17FN2/c1-9(15-12-6-7-14-8-12)10-2-4-11(13)5-3-10/h2-5,9,12,14-15H,6-8H2,1H3. The van der Waals surface area contributed by atoms with Crippen LogP contribution < -0.4 is 10.6 Å². The van der Waals surface area contributed by atoms with Crippen molar-refractivity contribution in [1.29, 1.82) is 0 Å². The molecule has 3 heteroatoms. The van der Waals surface area contributed by atoms with E-state index in [1.54, 1.807) is 0 Å². The zero-order chi connectivity index (χ0) is 10.7. The first-order valence-electron chi connectivity index (χ1n) is 5.48. The van der Waals surface area contributed by atoms with E-state index >= 15 is 0 Å². The van der Waals surface area contributed by atoms with Gasteiger partial charge >= 0.3 is 0 Å². The summed E-state index contributed by atoms with van der Waals surface area (Å²) in [6.45, 7) is 4.24. The Balaban J connectivity index is 1.94. The minimum Gasteiger partial charge on any atom is -0.315 e. The normalized spacial score (nSPS) is 22.9. The van der Waals surface area contributed by atoms with Crippen molar-refractivity contribution >= 4 is 0 Å². The van der Waals surface area contributed by atoms with Gasteiger partial charge in [0.15, 0.2) is 0 Å². The Hall–Kier alpha value is -0.930. The predicted molar refractivity (Wildman–Crippen MR) is 59.2 cm³/mol. The molecular weight excluding hydrogens is 191 g/mol. The Morgan fingerprint density at radius 1 is 1.40 bits per heavy atom. The van der Waals surface area contributed by atoms with Crippen LogP contribution in [0.1, 0.15) is 24.9 Å². The molecule has 1 aromatic rings. The smallest absolute Gasteiger partial charge is 0.123 e. The van der Waals surface area contributed by atoms with Crippen molar-refractivity contribution in [3.8, 4) is 0 Å². The largest absolute Gasteiger partial charge is 0.315 e. The van der Waals surface area contributed by atoms with Gasteiger partial charge in [-0.05, 0) is 37.6 Å². The first-order valence-corrected chi connectivity index (χ1v) is 5.48. The summed E-state index contributed by atoms with van der Waals surface area (Å²) in [5.74, 6) is -0.173. The van der Waals surface area contributed by atoms with Crippen molar-refractivity contribution < 1.29 is 4.39 Å². The van der Waals surface area contributed by atoms with Crippen molar-refractivity contribution in [3.63, 3.8) is 0 Å². The Morgan fingerprint density at radius 3 is 2.73 bits per heavy atom. The number of halogens is 1. The monoisotopic (exact) mass is 208 g/mol. The molecule has 0 aromatic heterocycles. The Kier molecular flexibility index (Phi) is 3.34. The van der Waals surface area contributed by atoms with Crippen molar-refractivity contribution in [2.45, 2.75) is 25.4 Å². The first-order chi connectivity index (χ1) is 7.25. The summed E-state index contributed by atoms with van der Waals surface area (Å²) in [5.41, 5.74) is 1.14. The summed E-state index contributed by atoms with van der Waals surface area (Å²) in [6.07, 6.45) is 1.17. The van der Waals surface area contributed by atoms with Crippen molar-refractivity contribution in [2.75, 3.05) is 13.1 Å². The van der Waals surface area contributed by atoms with Gasteiger partial charge in [0.2, 0.25) is 0 Å². The molecule has 2 atom stereocenters. The second-order valence-corrected chi connectivity index (χ2v) is 4.13. The van der Waals surface area contributed by atoms with Crippen LogP contribution in [0.5, 0.6) is 0 Å². The van der Waals surface area contributed by atoms with Crippen LogP contribution in [-0.2, 0) is 0 Å². The van der Waals surface area contributed by atoms with Gasteiger partial charge in [0.1, 0.15) is 5.82 Å². The van der Waals surface area contributed by atoms with Crippen molar-refractivity contribution in [3.05, 3.63) is 35.6 Å². The minimum absolute atomic E-state index is 0.173. The third-order valence-electron chi connectivity index (χ3n) is 2.92. The molecule has 0 bridgehead atoms. The number of hydrogen-bond acceptors (Lipinski definition) is 2. The van der Waals surface area contributed by atoms with E-state index in [2.05, 4.69) is 17.6 Å². The predicted octanol–water partition coefficient (Wildman–Crippen LogP) is 1.84. The molecule has 0 saturated carbocycles. The summed E-state index contributed by atoms with van der Waals surface area (Å²) in [4.78, 5) is 0. The molecule has 2 rings (SSSR count). The highest BCUT2D eigenvalue weighted by molar-refractivity contribution is 5.19. The van der Waals surface area contributed by atoms with Crippen LogP contribution in [0.25, 0.3) is 0 Å². The molecule has 15 heavy (non-hydrogen) atoms. The molecule has 0 radical (unpaired) electrons. The van der Waals surface area contributed by atoms with Crippen LogP contribution in [0.2, 0.25) is 0 Å². The minimum atomic E-state index is -0.173. The van der Waals surface area contributed by atoms with E-state index in [4.69, 9.17) is 0 Å². The topological polar surface area (TPSA) is 24.1 Å². The first kappa shape index (κ1) is 10.6.